The molecule has 4 nitrogen and oxygen atoms in total. The van der Waals surface area contributed by atoms with Gasteiger partial charge in [0.05, 0.1) is 6.26 Å². The van der Waals surface area contributed by atoms with Crippen LogP contribution in [-0.4, -0.2) is 19.0 Å². The van der Waals surface area contributed by atoms with E-state index >= 15 is 0 Å². The molecule has 0 aliphatic heterocycles. The molecule has 1 fully saturated rings. The number of rotatable bonds is 6. The van der Waals surface area contributed by atoms with E-state index in [4.69, 9.17) is 4.42 Å². The predicted octanol–water partition coefficient (Wildman–Crippen LogP) is 3.21. The monoisotopic (exact) mass is 315 g/mol. The van der Waals surface area contributed by atoms with Gasteiger partial charge >= 0.3 is 0 Å². The van der Waals surface area contributed by atoms with Crippen LogP contribution in [0.3, 0.4) is 0 Å². The molecule has 1 aromatic heterocycles. The zero-order valence-electron chi connectivity index (χ0n) is 13.3. The average molecular weight is 315 g/mol. The fourth-order valence-corrected chi connectivity index (χ4v) is 2.74. The first-order valence-corrected chi connectivity index (χ1v) is 8.03. The van der Waals surface area contributed by atoms with E-state index in [9.17, 15) is 4.39 Å². The molecule has 23 heavy (non-hydrogen) atoms. The van der Waals surface area contributed by atoms with Crippen molar-refractivity contribution in [2.75, 3.05) is 13.1 Å². The molecule has 1 aromatic carbocycles. The van der Waals surface area contributed by atoms with E-state index in [-0.39, 0.29) is 11.2 Å². The maximum atomic E-state index is 14.0. The standard InChI is InChI=1S/C18H22FN3O/c1-2-20-17(21-12-14-6-5-11-23-14)22-13-18(9-10-18)15-7-3-4-8-16(15)19/h3-8,11H,2,9-10,12-13H2,1H3,(H2,20,21,22). The van der Waals surface area contributed by atoms with E-state index in [1.165, 1.54) is 6.07 Å². The number of hydrogen-bond donors (Lipinski definition) is 2. The Hall–Kier alpha value is -2.30. The predicted molar refractivity (Wildman–Crippen MR) is 88.8 cm³/mol. The molecular weight excluding hydrogens is 293 g/mol. The number of guanidine groups is 1. The Labute approximate surface area is 135 Å². The summed E-state index contributed by atoms with van der Waals surface area (Å²) in [5.41, 5.74) is 0.695. The summed E-state index contributed by atoms with van der Waals surface area (Å²) in [6.07, 6.45) is 3.64. The second-order valence-corrected chi connectivity index (χ2v) is 5.89. The highest BCUT2D eigenvalue weighted by Gasteiger charge is 2.45. The lowest BCUT2D eigenvalue weighted by molar-refractivity contribution is 0.511. The molecule has 2 N–H and O–H groups in total. The van der Waals surface area contributed by atoms with Gasteiger partial charge in [-0.3, -0.25) is 0 Å². The fourth-order valence-electron chi connectivity index (χ4n) is 2.74. The molecule has 0 saturated heterocycles. The number of nitrogens with zero attached hydrogens (tertiary/aromatic N) is 1. The summed E-state index contributed by atoms with van der Waals surface area (Å²) in [5.74, 6) is 1.42. The molecule has 122 valence electrons. The first-order valence-electron chi connectivity index (χ1n) is 8.03. The van der Waals surface area contributed by atoms with Crippen LogP contribution in [0.2, 0.25) is 0 Å². The first kappa shape index (κ1) is 15.6. The Morgan fingerprint density at radius 3 is 2.70 bits per heavy atom. The molecule has 0 bridgehead atoms. The van der Waals surface area contributed by atoms with Crippen LogP contribution in [-0.2, 0) is 12.0 Å². The van der Waals surface area contributed by atoms with Crippen LogP contribution in [0.1, 0.15) is 31.1 Å². The third kappa shape index (κ3) is 3.73. The Balaban J connectivity index is 1.65. The van der Waals surface area contributed by atoms with Crippen molar-refractivity contribution in [1.29, 1.82) is 0 Å². The van der Waals surface area contributed by atoms with E-state index in [0.717, 1.165) is 36.7 Å². The molecule has 0 spiro atoms. The number of hydrogen-bond acceptors (Lipinski definition) is 2. The quantitative estimate of drug-likeness (QED) is 0.636. The molecule has 0 unspecified atom stereocenters. The normalized spacial score (nSPS) is 16.2. The van der Waals surface area contributed by atoms with Gasteiger partial charge in [0, 0.05) is 18.5 Å². The van der Waals surface area contributed by atoms with E-state index in [1.54, 1.807) is 12.3 Å². The largest absolute Gasteiger partial charge is 0.467 e. The van der Waals surface area contributed by atoms with Gasteiger partial charge in [0.25, 0.3) is 0 Å². The van der Waals surface area contributed by atoms with Crippen molar-refractivity contribution in [1.82, 2.24) is 10.6 Å². The van der Waals surface area contributed by atoms with Crippen LogP contribution >= 0.6 is 0 Å². The highest BCUT2D eigenvalue weighted by Crippen LogP contribution is 2.48. The van der Waals surface area contributed by atoms with Gasteiger partial charge in [-0.15, -0.1) is 0 Å². The average Bonchev–Trinajstić information content (AvgIpc) is 3.16. The van der Waals surface area contributed by atoms with Crippen LogP contribution in [0.25, 0.3) is 0 Å². The van der Waals surface area contributed by atoms with Crippen molar-refractivity contribution < 1.29 is 8.81 Å². The van der Waals surface area contributed by atoms with Gasteiger partial charge in [-0.1, -0.05) is 18.2 Å². The zero-order valence-corrected chi connectivity index (χ0v) is 13.3. The summed E-state index contributed by atoms with van der Waals surface area (Å²) >= 11 is 0. The number of furan rings is 1. The summed E-state index contributed by atoms with van der Waals surface area (Å²) in [6, 6.07) is 10.8. The van der Waals surface area contributed by atoms with Crippen LogP contribution < -0.4 is 10.6 Å². The number of benzene rings is 1. The highest BCUT2D eigenvalue weighted by atomic mass is 19.1. The Morgan fingerprint density at radius 2 is 2.04 bits per heavy atom. The molecular formula is C18H22FN3O. The van der Waals surface area contributed by atoms with Crippen molar-refractivity contribution >= 4 is 5.96 Å². The number of aliphatic imine (C=N–C) groups is 1. The molecule has 5 heteroatoms. The third-order valence-corrected chi connectivity index (χ3v) is 4.21. The van der Waals surface area contributed by atoms with Crippen molar-refractivity contribution in [2.24, 2.45) is 4.99 Å². The van der Waals surface area contributed by atoms with Crippen LogP contribution in [0, 0.1) is 5.82 Å². The van der Waals surface area contributed by atoms with Crippen molar-refractivity contribution in [3.63, 3.8) is 0 Å². The lowest BCUT2D eigenvalue weighted by atomic mass is 9.95. The van der Waals surface area contributed by atoms with Crippen LogP contribution in [0.4, 0.5) is 4.39 Å². The van der Waals surface area contributed by atoms with Gasteiger partial charge in [0.15, 0.2) is 5.96 Å². The summed E-state index contributed by atoms with van der Waals surface area (Å²) in [6.45, 7) is 3.96. The minimum atomic E-state index is -0.121. The van der Waals surface area contributed by atoms with Crippen LogP contribution in [0.5, 0.6) is 0 Å². The van der Waals surface area contributed by atoms with Crippen LogP contribution in [0.15, 0.2) is 52.1 Å². The van der Waals surface area contributed by atoms with E-state index < -0.39 is 0 Å². The summed E-state index contributed by atoms with van der Waals surface area (Å²) < 4.78 is 19.3. The second-order valence-electron chi connectivity index (χ2n) is 5.89. The smallest absolute Gasteiger partial charge is 0.191 e. The molecule has 1 aliphatic carbocycles. The first-order chi connectivity index (χ1) is 11.2. The van der Waals surface area contributed by atoms with Gasteiger partial charge in [-0.2, -0.15) is 0 Å². The van der Waals surface area contributed by atoms with E-state index in [1.807, 2.05) is 31.2 Å². The fraction of sp³-hybridized carbons (Fsp3) is 0.389. The zero-order chi connectivity index (χ0) is 16.1. The molecule has 1 aliphatic rings. The summed E-state index contributed by atoms with van der Waals surface area (Å²) in [5, 5.41) is 6.56. The number of halogens is 1. The molecule has 0 amide bonds. The minimum Gasteiger partial charge on any atom is -0.467 e. The van der Waals surface area contributed by atoms with Gasteiger partial charge < -0.3 is 15.1 Å². The number of nitrogens with one attached hydrogen (secondary N) is 2. The topological polar surface area (TPSA) is 49.6 Å². The minimum absolute atomic E-state index is 0.105. The maximum absolute atomic E-state index is 14.0. The molecule has 0 radical (unpaired) electrons. The maximum Gasteiger partial charge on any atom is 0.191 e. The lowest BCUT2D eigenvalue weighted by Gasteiger charge is -2.19. The summed E-state index contributed by atoms with van der Waals surface area (Å²) in [7, 11) is 0. The van der Waals surface area contributed by atoms with Gasteiger partial charge in [-0.25, -0.2) is 9.38 Å². The van der Waals surface area contributed by atoms with Gasteiger partial charge in [0.2, 0.25) is 0 Å². The van der Waals surface area contributed by atoms with E-state index in [2.05, 4.69) is 15.6 Å². The molecule has 1 heterocycles. The Bertz CT molecular complexity index is 663. The lowest BCUT2D eigenvalue weighted by Crippen LogP contribution is -2.41. The SMILES string of the molecule is CCNC(=NCc1ccco1)NCC1(c2ccccc2F)CC1. The van der Waals surface area contributed by atoms with Gasteiger partial charge in [-0.05, 0) is 43.5 Å². The van der Waals surface area contributed by atoms with Gasteiger partial charge in [0.1, 0.15) is 18.1 Å². The molecule has 3 rings (SSSR count). The summed E-state index contributed by atoms with van der Waals surface area (Å²) in [4.78, 5) is 4.51. The molecule has 2 aromatic rings. The van der Waals surface area contributed by atoms with Crippen molar-refractivity contribution in [2.45, 2.75) is 31.7 Å². The Kier molecular flexibility index (Phi) is 4.65. The Morgan fingerprint density at radius 1 is 1.22 bits per heavy atom. The van der Waals surface area contributed by atoms with Crippen molar-refractivity contribution in [3.05, 3.63) is 59.8 Å². The molecule has 1 saturated carbocycles. The highest BCUT2D eigenvalue weighted by molar-refractivity contribution is 5.79. The molecule has 0 atom stereocenters. The van der Waals surface area contributed by atoms with E-state index in [0.29, 0.717) is 13.1 Å². The third-order valence-electron chi connectivity index (χ3n) is 4.21. The second kappa shape index (κ2) is 6.86. The van der Waals surface area contributed by atoms with Crippen molar-refractivity contribution in [3.8, 4) is 0 Å².